The van der Waals surface area contributed by atoms with Crippen molar-refractivity contribution in [3.05, 3.63) is 75.4 Å². The van der Waals surface area contributed by atoms with Crippen LogP contribution in [-0.4, -0.2) is 41.4 Å². The number of fused-ring (bicyclic) bond motifs is 3. The molecule has 0 spiro atoms. The number of nitrogens with zero attached hydrogens (tertiary/aromatic N) is 2. The second-order valence-corrected chi connectivity index (χ2v) is 9.24. The van der Waals surface area contributed by atoms with E-state index in [4.69, 9.17) is 4.74 Å². The molecule has 1 aliphatic rings. The average Bonchev–Trinajstić information content (AvgIpc) is 3.27. The van der Waals surface area contributed by atoms with Gasteiger partial charge in [-0.2, -0.15) is 0 Å². The predicted octanol–water partition coefficient (Wildman–Crippen LogP) is 4.73. The summed E-state index contributed by atoms with van der Waals surface area (Å²) in [5, 5.41) is 1.19. The number of likely N-dealkylation sites (tertiary alicyclic amines) is 1. The maximum absolute atomic E-state index is 13.7. The summed E-state index contributed by atoms with van der Waals surface area (Å²) in [6, 6.07) is 16.5. The average molecular weight is 461 g/mol. The normalized spacial score (nSPS) is 14.0. The van der Waals surface area contributed by atoms with E-state index >= 15 is 0 Å². The molecule has 0 aliphatic carbocycles. The molecule has 33 heavy (non-hydrogen) atoms. The Kier molecular flexibility index (Phi) is 5.72. The number of carbonyl (C=O) groups excluding carboxylic acids is 2. The molecule has 1 aliphatic heterocycles. The van der Waals surface area contributed by atoms with Crippen molar-refractivity contribution in [1.29, 1.82) is 0 Å². The number of hydrogen-bond acceptors (Lipinski definition) is 5. The van der Waals surface area contributed by atoms with Gasteiger partial charge in [-0.1, -0.05) is 48.5 Å². The number of ketones is 1. The summed E-state index contributed by atoms with van der Waals surface area (Å²) in [5.41, 5.74) is 0.894. The number of Topliss-reactive ketones (excluding diaryl/α,β-unsaturated/α-hetero) is 1. The van der Waals surface area contributed by atoms with E-state index in [0.29, 0.717) is 40.2 Å². The number of benzene rings is 2. The molecule has 1 saturated heterocycles. The summed E-state index contributed by atoms with van der Waals surface area (Å²) in [5.74, 6) is 0.0615. The molecule has 0 bridgehead atoms. The minimum Gasteiger partial charge on any atom is -0.494 e. The maximum Gasteiger partial charge on any atom is 0.267 e. The van der Waals surface area contributed by atoms with Gasteiger partial charge in [0, 0.05) is 24.0 Å². The Morgan fingerprint density at radius 2 is 1.67 bits per heavy atom. The van der Waals surface area contributed by atoms with Crippen LogP contribution in [0.3, 0.4) is 0 Å². The zero-order valence-corrected chi connectivity index (χ0v) is 19.2. The van der Waals surface area contributed by atoms with E-state index in [1.807, 2.05) is 35.2 Å². The number of carbonyl (C=O) groups is 2. The second kappa shape index (κ2) is 8.83. The Balaban J connectivity index is 1.70. The lowest BCUT2D eigenvalue weighted by atomic mass is 10.1. The molecular formula is C26H24N2O4S. The highest BCUT2D eigenvalue weighted by molar-refractivity contribution is 7.22. The molecule has 0 saturated carbocycles. The first-order valence-corrected chi connectivity index (χ1v) is 11.9. The Morgan fingerprint density at radius 3 is 2.39 bits per heavy atom. The minimum atomic E-state index is -0.321. The highest BCUT2D eigenvalue weighted by Gasteiger charge is 2.28. The van der Waals surface area contributed by atoms with Crippen LogP contribution in [0.5, 0.6) is 5.75 Å². The van der Waals surface area contributed by atoms with Crippen LogP contribution >= 0.6 is 11.3 Å². The van der Waals surface area contributed by atoms with Crippen molar-refractivity contribution >= 4 is 44.0 Å². The lowest BCUT2D eigenvalue weighted by molar-refractivity contribution is 0.0726. The van der Waals surface area contributed by atoms with Crippen LogP contribution in [0.2, 0.25) is 0 Å². The Labute approximate surface area is 195 Å². The molecule has 6 nitrogen and oxygen atoms in total. The van der Waals surface area contributed by atoms with Crippen LogP contribution in [0.15, 0.2) is 59.4 Å². The zero-order chi connectivity index (χ0) is 22.9. The van der Waals surface area contributed by atoms with Gasteiger partial charge in [0.1, 0.15) is 10.3 Å². The third-order valence-corrected chi connectivity index (χ3v) is 7.39. The molecule has 5 rings (SSSR count). The molecule has 1 amide bonds. The van der Waals surface area contributed by atoms with Gasteiger partial charge in [-0.25, -0.2) is 0 Å². The van der Waals surface area contributed by atoms with E-state index in [-0.39, 0.29) is 23.8 Å². The number of para-hydroxylation sites is 1. The minimum absolute atomic E-state index is 0.0896. The van der Waals surface area contributed by atoms with Crippen LogP contribution in [0.4, 0.5) is 0 Å². The standard InChI is InChI=1S/C26H24N2O4S/c1-32-22-21-23(33-24(22)26(31)27-14-8-3-9-15-27)18-12-6-7-13-19(18)28(25(21)30)16-20(29)17-10-4-2-5-11-17/h2,4-7,10-13H,3,8-9,14-16H2,1H3. The van der Waals surface area contributed by atoms with E-state index in [2.05, 4.69) is 0 Å². The van der Waals surface area contributed by atoms with E-state index < -0.39 is 0 Å². The summed E-state index contributed by atoms with van der Waals surface area (Å²) in [7, 11) is 1.49. The highest BCUT2D eigenvalue weighted by atomic mass is 32.1. The number of methoxy groups -OCH3 is 1. The lowest BCUT2D eigenvalue weighted by Gasteiger charge is -2.26. The van der Waals surface area contributed by atoms with Crippen molar-refractivity contribution in [2.24, 2.45) is 0 Å². The van der Waals surface area contributed by atoms with Crippen LogP contribution in [-0.2, 0) is 6.54 Å². The van der Waals surface area contributed by atoms with E-state index in [1.54, 1.807) is 24.3 Å². The van der Waals surface area contributed by atoms with Gasteiger partial charge in [-0.3, -0.25) is 19.0 Å². The van der Waals surface area contributed by atoms with Crippen molar-refractivity contribution < 1.29 is 14.3 Å². The SMILES string of the molecule is COc1c(C(=O)N2CCCCC2)sc2c1c(=O)n(CC(=O)c1ccccc1)c1ccccc21. The second-order valence-electron chi connectivity index (χ2n) is 8.22. The van der Waals surface area contributed by atoms with Crippen LogP contribution < -0.4 is 10.3 Å². The molecule has 7 heteroatoms. The maximum atomic E-state index is 13.7. The Morgan fingerprint density at radius 1 is 0.970 bits per heavy atom. The van der Waals surface area contributed by atoms with E-state index in [1.165, 1.54) is 23.0 Å². The molecule has 2 aromatic heterocycles. The van der Waals surface area contributed by atoms with Crippen molar-refractivity contribution in [1.82, 2.24) is 9.47 Å². The number of aromatic nitrogens is 1. The third-order valence-electron chi connectivity index (χ3n) is 6.20. The van der Waals surface area contributed by atoms with Crippen molar-refractivity contribution in [2.45, 2.75) is 25.8 Å². The monoisotopic (exact) mass is 460 g/mol. The number of rotatable bonds is 5. The molecule has 2 aromatic carbocycles. The van der Waals surface area contributed by atoms with Gasteiger partial charge < -0.3 is 9.64 Å². The van der Waals surface area contributed by atoms with Gasteiger partial charge in [0.05, 0.1) is 23.9 Å². The molecule has 0 atom stereocenters. The zero-order valence-electron chi connectivity index (χ0n) is 18.4. The molecule has 3 heterocycles. The number of amides is 1. The molecule has 0 N–H and O–H groups in total. The first kappa shape index (κ1) is 21.4. The fourth-order valence-corrected chi connectivity index (χ4v) is 5.80. The Hall–Kier alpha value is -3.45. The molecular weight excluding hydrogens is 436 g/mol. The van der Waals surface area contributed by atoms with E-state index in [9.17, 15) is 14.4 Å². The number of ether oxygens (including phenoxy) is 1. The van der Waals surface area contributed by atoms with Crippen molar-refractivity contribution in [2.75, 3.05) is 20.2 Å². The summed E-state index contributed by atoms with van der Waals surface area (Å²) < 4.78 is 7.87. The van der Waals surface area contributed by atoms with Gasteiger partial charge >= 0.3 is 0 Å². The fourth-order valence-electron chi connectivity index (χ4n) is 4.54. The van der Waals surface area contributed by atoms with Gasteiger partial charge in [0.15, 0.2) is 11.5 Å². The largest absolute Gasteiger partial charge is 0.494 e. The Bertz CT molecular complexity index is 1420. The van der Waals surface area contributed by atoms with Crippen LogP contribution in [0.1, 0.15) is 39.3 Å². The van der Waals surface area contributed by atoms with Crippen molar-refractivity contribution in [3.8, 4) is 5.75 Å². The van der Waals surface area contributed by atoms with Gasteiger partial charge in [-0.05, 0) is 25.3 Å². The summed E-state index contributed by atoms with van der Waals surface area (Å²) >= 11 is 1.30. The third kappa shape index (κ3) is 3.72. The number of piperidine rings is 1. The fraction of sp³-hybridized carbons (Fsp3) is 0.269. The number of hydrogen-bond donors (Lipinski definition) is 0. The molecule has 1 fully saturated rings. The quantitative estimate of drug-likeness (QED) is 0.404. The summed E-state index contributed by atoms with van der Waals surface area (Å²) in [6.07, 6.45) is 3.09. The molecule has 0 unspecified atom stereocenters. The molecule has 0 radical (unpaired) electrons. The smallest absolute Gasteiger partial charge is 0.267 e. The number of thiophene rings is 1. The lowest BCUT2D eigenvalue weighted by Crippen LogP contribution is -2.35. The molecule has 168 valence electrons. The topological polar surface area (TPSA) is 68.6 Å². The van der Waals surface area contributed by atoms with E-state index in [0.717, 1.165) is 29.3 Å². The first-order valence-electron chi connectivity index (χ1n) is 11.1. The molecule has 4 aromatic rings. The summed E-state index contributed by atoms with van der Waals surface area (Å²) in [4.78, 5) is 42.3. The van der Waals surface area contributed by atoms with Crippen LogP contribution in [0, 0.1) is 0 Å². The highest BCUT2D eigenvalue weighted by Crippen LogP contribution is 2.40. The van der Waals surface area contributed by atoms with Gasteiger partial charge in [-0.15, -0.1) is 11.3 Å². The number of pyridine rings is 1. The summed E-state index contributed by atoms with van der Waals surface area (Å²) in [6.45, 7) is 1.34. The van der Waals surface area contributed by atoms with Gasteiger partial charge in [0.25, 0.3) is 11.5 Å². The van der Waals surface area contributed by atoms with Gasteiger partial charge in [0.2, 0.25) is 0 Å². The predicted molar refractivity (Wildman–Crippen MR) is 131 cm³/mol. The van der Waals surface area contributed by atoms with Crippen LogP contribution in [0.25, 0.3) is 21.0 Å². The van der Waals surface area contributed by atoms with Crippen molar-refractivity contribution in [3.63, 3.8) is 0 Å². The first-order chi connectivity index (χ1) is 16.1.